The lowest BCUT2D eigenvalue weighted by Crippen LogP contribution is -2.19. The lowest BCUT2D eigenvalue weighted by molar-refractivity contribution is 0.0302. The predicted molar refractivity (Wildman–Crippen MR) is 54.1 cm³/mol. The standard InChI is InChI=1S/C7H11Cl3O4/c1-2-12-3-4-13-6(11)14-5-7(8,9)10/h2-5H2,1H3. The van der Waals surface area contributed by atoms with Gasteiger partial charge in [0.2, 0.25) is 3.79 Å². The smallest absolute Gasteiger partial charge is 0.432 e. The molecule has 14 heavy (non-hydrogen) atoms. The van der Waals surface area contributed by atoms with E-state index in [-0.39, 0.29) is 13.2 Å². The molecule has 0 radical (unpaired) electrons. The molecule has 0 N–H and O–H groups in total. The van der Waals surface area contributed by atoms with Gasteiger partial charge in [-0.1, -0.05) is 34.8 Å². The highest BCUT2D eigenvalue weighted by Crippen LogP contribution is 2.25. The first-order valence-electron chi connectivity index (χ1n) is 3.89. The summed E-state index contributed by atoms with van der Waals surface area (Å²) >= 11 is 16.0. The van der Waals surface area contributed by atoms with E-state index in [1.807, 2.05) is 6.92 Å². The number of halogens is 3. The van der Waals surface area contributed by atoms with Crippen LogP contribution in [-0.4, -0.2) is 36.4 Å². The summed E-state index contributed by atoms with van der Waals surface area (Å²) in [5.74, 6) is 0. The summed E-state index contributed by atoms with van der Waals surface area (Å²) < 4.78 is 12.4. The molecule has 0 spiro atoms. The van der Waals surface area contributed by atoms with E-state index in [9.17, 15) is 4.79 Å². The first-order chi connectivity index (χ1) is 6.45. The van der Waals surface area contributed by atoms with E-state index in [0.717, 1.165) is 0 Å². The van der Waals surface area contributed by atoms with Gasteiger partial charge < -0.3 is 14.2 Å². The molecule has 0 saturated carbocycles. The Morgan fingerprint density at radius 2 is 1.86 bits per heavy atom. The van der Waals surface area contributed by atoms with Gasteiger partial charge in [0, 0.05) is 6.61 Å². The Hall–Kier alpha value is 0.1000. The molecule has 0 aliphatic heterocycles. The zero-order valence-corrected chi connectivity index (χ0v) is 9.86. The van der Waals surface area contributed by atoms with Gasteiger partial charge >= 0.3 is 6.16 Å². The highest BCUT2D eigenvalue weighted by Gasteiger charge is 2.22. The number of hydrogen-bond acceptors (Lipinski definition) is 4. The first-order valence-corrected chi connectivity index (χ1v) is 5.03. The van der Waals surface area contributed by atoms with Crippen LogP contribution in [0.1, 0.15) is 6.92 Å². The van der Waals surface area contributed by atoms with Crippen LogP contribution in [0.3, 0.4) is 0 Å². The molecule has 4 nitrogen and oxygen atoms in total. The lowest BCUT2D eigenvalue weighted by atomic mass is 10.7. The highest BCUT2D eigenvalue weighted by atomic mass is 35.6. The van der Waals surface area contributed by atoms with Crippen LogP contribution in [0, 0.1) is 0 Å². The number of alkyl halides is 3. The van der Waals surface area contributed by atoms with Crippen molar-refractivity contribution in [2.24, 2.45) is 0 Å². The molecule has 0 rings (SSSR count). The third kappa shape index (κ3) is 10.2. The third-order valence-electron chi connectivity index (χ3n) is 1.01. The molecule has 0 amide bonds. The Morgan fingerprint density at radius 3 is 2.36 bits per heavy atom. The second kappa shape index (κ2) is 7.40. The first kappa shape index (κ1) is 14.1. The molecule has 0 heterocycles. The molecule has 0 saturated heterocycles. The molecule has 84 valence electrons. The Kier molecular flexibility index (Phi) is 7.45. The fourth-order valence-electron chi connectivity index (χ4n) is 0.511. The summed E-state index contributed by atoms with van der Waals surface area (Å²) in [5.41, 5.74) is 0. The zero-order valence-electron chi connectivity index (χ0n) is 7.60. The number of carbonyl (C=O) groups excluding carboxylic acids is 1. The van der Waals surface area contributed by atoms with Gasteiger partial charge in [0.25, 0.3) is 0 Å². The normalized spacial score (nSPS) is 11.1. The summed E-state index contributed by atoms with van der Waals surface area (Å²) in [6, 6.07) is 0. The van der Waals surface area contributed by atoms with Crippen LogP contribution in [0.4, 0.5) is 4.79 Å². The van der Waals surface area contributed by atoms with E-state index in [2.05, 4.69) is 9.47 Å². The van der Waals surface area contributed by atoms with Gasteiger partial charge in [-0.15, -0.1) is 0 Å². The maximum absolute atomic E-state index is 10.8. The van der Waals surface area contributed by atoms with Crippen molar-refractivity contribution < 1.29 is 19.0 Å². The maximum Gasteiger partial charge on any atom is 0.508 e. The number of rotatable bonds is 5. The van der Waals surface area contributed by atoms with Crippen LogP contribution in [0.25, 0.3) is 0 Å². The molecule has 0 aliphatic rings. The van der Waals surface area contributed by atoms with E-state index in [1.165, 1.54) is 0 Å². The fourth-order valence-corrected chi connectivity index (χ4v) is 0.674. The van der Waals surface area contributed by atoms with Crippen molar-refractivity contribution >= 4 is 41.0 Å². The molecule has 0 atom stereocenters. The molecule has 7 heteroatoms. The van der Waals surface area contributed by atoms with Crippen LogP contribution < -0.4 is 0 Å². The maximum atomic E-state index is 10.8. The van der Waals surface area contributed by atoms with Crippen LogP contribution in [-0.2, 0) is 14.2 Å². The van der Waals surface area contributed by atoms with E-state index in [4.69, 9.17) is 39.5 Å². The van der Waals surface area contributed by atoms with Gasteiger partial charge in [-0.25, -0.2) is 4.79 Å². The molecule has 0 aliphatic carbocycles. The molecule has 0 aromatic heterocycles. The zero-order chi connectivity index (χ0) is 11.0. The largest absolute Gasteiger partial charge is 0.508 e. The van der Waals surface area contributed by atoms with Gasteiger partial charge in [0.05, 0.1) is 6.61 Å². The second-order valence-corrected chi connectivity index (χ2v) is 4.72. The van der Waals surface area contributed by atoms with E-state index in [0.29, 0.717) is 13.2 Å². The van der Waals surface area contributed by atoms with Gasteiger partial charge in [-0.2, -0.15) is 0 Å². The number of carbonyl (C=O) groups is 1. The third-order valence-corrected chi connectivity index (χ3v) is 1.33. The van der Waals surface area contributed by atoms with E-state index in [1.54, 1.807) is 0 Å². The second-order valence-electron chi connectivity index (χ2n) is 2.20. The van der Waals surface area contributed by atoms with E-state index >= 15 is 0 Å². The molecule has 0 fully saturated rings. The Labute approximate surface area is 97.3 Å². The van der Waals surface area contributed by atoms with Crippen molar-refractivity contribution in [3.05, 3.63) is 0 Å². The molecule has 0 aromatic carbocycles. The van der Waals surface area contributed by atoms with Gasteiger partial charge in [0.15, 0.2) is 0 Å². The van der Waals surface area contributed by atoms with Crippen LogP contribution in [0.15, 0.2) is 0 Å². The summed E-state index contributed by atoms with van der Waals surface area (Å²) in [6.07, 6.45) is -0.879. The molecular weight excluding hydrogens is 254 g/mol. The van der Waals surface area contributed by atoms with Crippen molar-refractivity contribution in [1.82, 2.24) is 0 Å². The SMILES string of the molecule is CCOCCOC(=O)OCC(Cl)(Cl)Cl. The Morgan fingerprint density at radius 1 is 1.21 bits per heavy atom. The average Bonchev–Trinajstić information content (AvgIpc) is 2.08. The topological polar surface area (TPSA) is 44.8 Å². The minimum absolute atomic E-state index is 0.118. The van der Waals surface area contributed by atoms with Gasteiger partial charge in [-0.3, -0.25) is 0 Å². The molecule has 0 bridgehead atoms. The van der Waals surface area contributed by atoms with Crippen LogP contribution in [0.5, 0.6) is 0 Å². The van der Waals surface area contributed by atoms with Gasteiger partial charge in [-0.05, 0) is 6.92 Å². The molecule has 0 unspecified atom stereocenters. The minimum atomic E-state index is -1.61. The monoisotopic (exact) mass is 264 g/mol. The van der Waals surface area contributed by atoms with Crippen LogP contribution in [0.2, 0.25) is 0 Å². The minimum Gasteiger partial charge on any atom is -0.432 e. The van der Waals surface area contributed by atoms with Crippen molar-refractivity contribution in [2.45, 2.75) is 10.7 Å². The summed E-state index contributed by atoms with van der Waals surface area (Å²) in [7, 11) is 0. The quantitative estimate of drug-likeness (QED) is 0.435. The Balaban J connectivity index is 3.38. The van der Waals surface area contributed by atoms with Gasteiger partial charge in [0.1, 0.15) is 13.2 Å². The summed E-state index contributed by atoms with van der Waals surface area (Å²) in [4.78, 5) is 10.8. The van der Waals surface area contributed by atoms with Crippen molar-refractivity contribution in [2.75, 3.05) is 26.4 Å². The molecule has 0 aromatic rings. The fraction of sp³-hybridized carbons (Fsp3) is 0.857. The van der Waals surface area contributed by atoms with E-state index < -0.39 is 9.95 Å². The predicted octanol–water partition coefficient (Wildman–Crippen LogP) is 2.55. The lowest BCUT2D eigenvalue weighted by Gasteiger charge is -2.11. The number of ether oxygens (including phenoxy) is 3. The summed E-state index contributed by atoms with van der Waals surface area (Å²) in [6.45, 7) is 2.49. The molecular formula is C7H11Cl3O4. The van der Waals surface area contributed by atoms with Crippen LogP contribution >= 0.6 is 34.8 Å². The highest BCUT2D eigenvalue weighted by molar-refractivity contribution is 6.67. The Bertz CT molecular complexity index is 169. The van der Waals surface area contributed by atoms with Crippen molar-refractivity contribution in [1.29, 1.82) is 0 Å². The average molecular weight is 266 g/mol. The van der Waals surface area contributed by atoms with Crippen molar-refractivity contribution in [3.63, 3.8) is 0 Å². The summed E-state index contributed by atoms with van der Waals surface area (Å²) in [5, 5.41) is 0. The number of hydrogen-bond donors (Lipinski definition) is 0. The van der Waals surface area contributed by atoms with Crippen molar-refractivity contribution in [3.8, 4) is 0 Å².